The summed E-state index contributed by atoms with van der Waals surface area (Å²) >= 11 is 2.80. The van der Waals surface area contributed by atoms with Crippen LogP contribution in [0.2, 0.25) is 0 Å². The molecular weight excluding hydrogens is 265 g/mol. The summed E-state index contributed by atoms with van der Waals surface area (Å²) in [6.45, 7) is 0. The van der Waals surface area contributed by atoms with Crippen molar-refractivity contribution < 1.29 is 8.78 Å². The molecule has 0 saturated heterocycles. The average Bonchev–Trinajstić information content (AvgIpc) is 2.00. The predicted octanol–water partition coefficient (Wildman–Crippen LogP) is 2.43. The van der Waals surface area contributed by atoms with Gasteiger partial charge in [0.2, 0.25) is 0 Å². The van der Waals surface area contributed by atoms with Crippen molar-refractivity contribution in [2.75, 3.05) is 0 Å². The predicted molar refractivity (Wildman–Crippen MR) is 52.3 cm³/mol. The molecule has 0 unspecified atom stereocenters. The molecule has 6 heteroatoms. The van der Waals surface area contributed by atoms with E-state index in [1.807, 2.05) is 0 Å². The molecule has 0 atom stereocenters. The fourth-order valence-electron chi connectivity index (χ4n) is 0.734. The van der Waals surface area contributed by atoms with Crippen LogP contribution in [0.3, 0.4) is 0 Å². The molecule has 0 aliphatic carbocycles. The van der Waals surface area contributed by atoms with E-state index in [1.54, 1.807) is 0 Å². The molecule has 0 fully saturated rings. The standard InChI is InChI=1S/C7H5BrF2N2.ClH/c8-4-2-1-3(7(11)12)5(9)6(4)10;/h1-2H,(H3,11,12);1H. The average molecular weight is 271 g/mol. The normalized spacial score (nSPS) is 9.15. The highest BCUT2D eigenvalue weighted by atomic mass is 79.9. The summed E-state index contributed by atoms with van der Waals surface area (Å²) in [4.78, 5) is 0. The minimum Gasteiger partial charge on any atom is -0.384 e. The highest BCUT2D eigenvalue weighted by Gasteiger charge is 2.12. The maximum absolute atomic E-state index is 12.9. The topological polar surface area (TPSA) is 49.9 Å². The van der Waals surface area contributed by atoms with E-state index in [4.69, 9.17) is 11.1 Å². The Morgan fingerprint density at radius 1 is 1.31 bits per heavy atom. The molecule has 1 rings (SSSR count). The number of halogens is 4. The van der Waals surface area contributed by atoms with E-state index in [2.05, 4.69) is 15.9 Å². The molecule has 0 saturated carbocycles. The lowest BCUT2D eigenvalue weighted by Crippen LogP contribution is -2.14. The summed E-state index contributed by atoms with van der Waals surface area (Å²) in [6, 6.07) is 2.54. The van der Waals surface area contributed by atoms with Gasteiger partial charge >= 0.3 is 0 Å². The van der Waals surface area contributed by atoms with Gasteiger partial charge in [-0.1, -0.05) is 0 Å². The van der Waals surface area contributed by atoms with Crippen LogP contribution in [0.5, 0.6) is 0 Å². The zero-order chi connectivity index (χ0) is 9.30. The molecule has 1 aromatic carbocycles. The summed E-state index contributed by atoms with van der Waals surface area (Å²) in [6.07, 6.45) is 0. The monoisotopic (exact) mass is 270 g/mol. The van der Waals surface area contributed by atoms with Gasteiger partial charge in [-0.05, 0) is 28.1 Å². The minimum absolute atomic E-state index is 0. The second kappa shape index (κ2) is 4.53. The fourth-order valence-corrected chi connectivity index (χ4v) is 1.04. The first-order chi connectivity index (χ1) is 5.54. The van der Waals surface area contributed by atoms with Crippen molar-refractivity contribution in [1.29, 1.82) is 5.41 Å². The molecule has 0 aliphatic rings. The van der Waals surface area contributed by atoms with Crippen LogP contribution < -0.4 is 5.73 Å². The van der Waals surface area contributed by atoms with Crippen molar-refractivity contribution in [3.8, 4) is 0 Å². The van der Waals surface area contributed by atoms with E-state index < -0.39 is 17.5 Å². The Labute approximate surface area is 88.2 Å². The highest BCUT2D eigenvalue weighted by molar-refractivity contribution is 9.10. The first kappa shape index (κ1) is 12.3. The van der Waals surface area contributed by atoms with Gasteiger partial charge in [0.25, 0.3) is 0 Å². The number of benzene rings is 1. The van der Waals surface area contributed by atoms with Gasteiger partial charge in [-0.25, -0.2) is 8.78 Å². The second-order valence-corrected chi connectivity index (χ2v) is 2.99. The Kier molecular flexibility index (Phi) is 4.29. The van der Waals surface area contributed by atoms with Crippen molar-refractivity contribution >= 4 is 34.2 Å². The second-order valence-electron chi connectivity index (χ2n) is 2.14. The molecule has 72 valence electrons. The van der Waals surface area contributed by atoms with E-state index in [1.165, 1.54) is 12.1 Å². The van der Waals surface area contributed by atoms with Gasteiger partial charge in [0, 0.05) is 0 Å². The SMILES string of the molecule is Cl.N=C(N)c1ccc(Br)c(F)c1F. The lowest BCUT2D eigenvalue weighted by atomic mass is 10.2. The fraction of sp³-hybridized carbons (Fsp3) is 0. The molecule has 13 heavy (non-hydrogen) atoms. The molecule has 0 bridgehead atoms. The van der Waals surface area contributed by atoms with Crippen molar-refractivity contribution in [2.45, 2.75) is 0 Å². The maximum Gasteiger partial charge on any atom is 0.173 e. The molecule has 3 N–H and O–H groups in total. The number of rotatable bonds is 1. The highest BCUT2D eigenvalue weighted by Crippen LogP contribution is 2.20. The van der Waals surface area contributed by atoms with E-state index >= 15 is 0 Å². The molecule has 2 nitrogen and oxygen atoms in total. The number of amidine groups is 1. The lowest BCUT2D eigenvalue weighted by Gasteiger charge is -2.02. The van der Waals surface area contributed by atoms with Gasteiger partial charge < -0.3 is 5.73 Å². The minimum atomic E-state index is -1.10. The third-order valence-corrected chi connectivity index (χ3v) is 1.94. The van der Waals surface area contributed by atoms with E-state index in [9.17, 15) is 8.78 Å². The largest absolute Gasteiger partial charge is 0.384 e. The molecule has 0 amide bonds. The zero-order valence-electron chi connectivity index (χ0n) is 6.27. The number of hydrogen-bond donors (Lipinski definition) is 2. The molecule has 0 aliphatic heterocycles. The quantitative estimate of drug-likeness (QED) is 0.460. The van der Waals surface area contributed by atoms with Crippen molar-refractivity contribution in [3.05, 3.63) is 33.8 Å². The van der Waals surface area contributed by atoms with Gasteiger partial charge in [-0.2, -0.15) is 0 Å². The first-order valence-electron chi connectivity index (χ1n) is 3.02. The molecule has 0 heterocycles. The van der Waals surface area contributed by atoms with Crippen molar-refractivity contribution in [3.63, 3.8) is 0 Å². The Balaban J connectivity index is 0.00000144. The first-order valence-corrected chi connectivity index (χ1v) is 3.81. The van der Waals surface area contributed by atoms with Crippen LogP contribution in [0.15, 0.2) is 16.6 Å². The van der Waals surface area contributed by atoms with Gasteiger partial charge in [0.15, 0.2) is 11.6 Å². The third kappa shape index (κ3) is 2.38. The smallest absolute Gasteiger partial charge is 0.173 e. The lowest BCUT2D eigenvalue weighted by molar-refractivity contribution is 0.502. The number of hydrogen-bond acceptors (Lipinski definition) is 1. The van der Waals surface area contributed by atoms with Crippen LogP contribution >= 0.6 is 28.3 Å². The summed E-state index contributed by atoms with van der Waals surface area (Å²) in [5, 5.41) is 6.90. The van der Waals surface area contributed by atoms with Gasteiger partial charge in [0.05, 0.1) is 10.0 Å². The van der Waals surface area contributed by atoms with Crippen molar-refractivity contribution in [2.24, 2.45) is 5.73 Å². The summed E-state index contributed by atoms with van der Waals surface area (Å²) in [5.41, 5.74) is 4.77. The zero-order valence-corrected chi connectivity index (χ0v) is 8.68. The summed E-state index contributed by atoms with van der Waals surface area (Å²) in [7, 11) is 0. The number of nitrogens with one attached hydrogen (secondary N) is 1. The Bertz CT molecular complexity index is 344. The molecule has 1 aromatic rings. The van der Waals surface area contributed by atoms with Gasteiger partial charge in [-0.3, -0.25) is 5.41 Å². The van der Waals surface area contributed by atoms with Crippen LogP contribution in [-0.2, 0) is 0 Å². The van der Waals surface area contributed by atoms with Gasteiger partial charge in [0.1, 0.15) is 5.84 Å². The van der Waals surface area contributed by atoms with E-state index in [0.29, 0.717) is 0 Å². The summed E-state index contributed by atoms with van der Waals surface area (Å²) < 4.78 is 25.7. The Morgan fingerprint density at radius 2 is 1.85 bits per heavy atom. The molecular formula is C7H6BrClF2N2. The number of nitrogen functional groups attached to an aromatic ring is 1. The van der Waals surface area contributed by atoms with E-state index in [-0.39, 0.29) is 22.4 Å². The van der Waals surface area contributed by atoms with Crippen LogP contribution in [-0.4, -0.2) is 5.84 Å². The Morgan fingerprint density at radius 3 is 2.31 bits per heavy atom. The Hall–Kier alpha value is -0.680. The molecule has 0 aromatic heterocycles. The van der Waals surface area contributed by atoms with Crippen LogP contribution in [0.25, 0.3) is 0 Å². The maximum atomic E-state index is 12.9. The third-order valence-electron chi connectivity index (χ3n) is 1.33. The van der Waals surface area contributed by atoms with Gasteiger partial charge in [-0.15, -0.1) is 12.4 Å². The van der Waals surface area contributed by atoms with E-state index in [0.717, 1.165) is 0 Å². The van der Waals surface area contributed by atoms with Crippen LogP contribution in [0, 0.1) is 17.0 Å². The van der Waals surface area contributed by atoms with Crippen LogP contribution in [0.1, 0.15) is 5.56 Å². The van der Waals surface area contributed by atoms with Crippen LogP contribution in [0.4, 0.5) is 8.78 Å². The molecule has 0 spiro atoms. The number of nitrogens with two attached hydrogens (primary N) is 1. The van der Waals surface area contributed by atoms with Crippen molar-refractivity contribution in [1.82, 2.24) is 0 Å². The summed E-state index contributed by atoms with van der Waals surface area (Å²) in [5.74, 6) is -2.61. The molecule has 0 radical (unpaired) electrons.